The minimum atomic E-state index is -0.617. The predicted molar refractivity (Wildman–Crippen MR) is 78.9 cm³/mol. The van der Waals surface area contributed by atoms with Crippen LogP contribution in [0.15, 0.2) is 30.3 Å². The Labute approximate surface area is 117 Å². The third kappa shape index (κ3) is 2.88. The Kier molecular flexibility index (Phi) is 3.89. The monoisotopic (exact) mass is 271 g/mol. The van der Waals surface area contributed by atoms with Crippen LogP contribution < -0.4 is 15.8 Å². The Hall–Kier alpha value is -2.56. The van der Waals surface area contributed by atoms with Gasteiger partial charge in [-0.25, -0.2) is 9.78 Å². The molecule has 0 radical (unpaired) electrons. The molecule has 0 aliphatic carbocycles. The minimum Gasteiger partial charge on any atom is -0.497 e. The second-order valence-corrected chi connectivity index (χ2v) is 4.50. The molecular formula is C15H17N3O2. The van der Waals surface area contributed by atoms with Crippen LogP contribution in [-0.4, -0.2) is 18.1 Å². The molecule has 2 aromatic rings. The van der Waals surface area contributed by atoms with Gasteiger partial charge in [0.15, 0.2) is 0 Å². The highest BCUT2D eigenvalue weighted by atomic mass is 16.5. The average Bonchev–Trinajstić information content (AvgIpc) is 2.38. The van der Waals surface area contributed by atoms with Crippen molar-refractivity contribution in [2.24, 2.45) is 5.73 Å². The summed E-state index contributed by atoms with van der Waals surface area (Å²) in [7, 11) is 1.64. The maximum atomic E-state index is 10.9. The molecular weight excluding hydrogens is 254 g/mol. The van der Waals surface area contributed by atoms with Crippen molar-refractivity contribution < 1.29 is 9.53 Å². The molecule has 0 saturated heterocycles. The lowest BCUT2D eigenvalue weighted by atomic mass is 9.99. The number of aromatic nitrogens is 1. The summed E-state index contributed by atoms with van der Waals surface area (Å²) in [6.45, 7) is 3.87. The first-order chi connectivity index (χ1) is 9.51. The zero-order chi connectivity index (χ0) is 14.7. The average molecular weight is 271 g/mol. The molecule has 0 aliphatic heterocycles. The molecule has 2 amide bonds. The highest BCUT2D eigenvalue weighted by Gasteiger charge is 2.10. The van der Waals surface area contributed by atoms with E-state index in [-0.39, 0.29) is 0 Å². The third-order valence-corrected chi connectivity index (χ3v) is 3.03. The molecule has 2 rings (SSSR count). The number of nitrogens with one attached hydrogen (secondary N) is 1. The number of aryl methyl sites for hydroxylation is 2. The second kappa shape index (κ2) is 5.61. The van der Waals surface area contributed by atoms with Crippen LogP contribution >= 0.6 is 0 Å². The number of carbonyl (C=O) groups excluding carboxylic acids is 1. The fourth-order valence-corrected chi connectivity index (χ4v) is 2.22. The molecule has 0 bridgehead atoms. The van der Waals surface area contributed by atoms with Gasteiger partial charge in [0.05, 0.1) is 7.11 Å². The normalized spacial score (nSPS) is 10.2. The lowest BCUT2D eigenvalue weighted by Gasteiger charge is -2.12. The first-order valence-electron chi connectivity index (χ1n) is 6.20. The molecule has 3 N–H and O–H groups in total. The summed E-state index contributed by atoms with van der Waals surface area (Å²) in [5.74, 6) is 1.27. The lowest BCUT2D eigenvalue weighted by Crippen LogP contribution is -2.20. The minimum absolute atomic E-state index is 0.463. The second-order valence-electron chi connectivity index (χ2n) is 4.50. The van der Waals surface area contributed by atoms with Crippen molar-refractivity contribution in [3.8, 4) is 16.9 Å². The van der Waals surface area contributed by atoms with Crippen molar-refractivity contribution in [3.05, 3.63) is 41.6 Å². The van der Waals surface area contributed by atoms with E-state index >= 15 is 0 Å². The SMILES string of the molecule is COc1ccc(-c2c(C)cc(NC(N)=O)nc2C)cc1. The maximum Gasteiger partial charge on any atom is 0.317 e. The number of amides is 2. The molecule has 1 heterocycles. The number of methoxy groups -OCH3 is 1. The predicted octanol–water partition coefficient (Wildman–Crippen LogP) is 2.86. The molecule has 5 nitrogen and oxygen atoms in total. The Morgan fingerprint density at radius 2 is 1.90 bits per heavy atom. The zero-order valence-electron chi connectivity index (χ0n) is 11.7. The largest absolute Gasteiger partial charge is 0.497 e. The van der Waals surface area contributed by atoms with Gasteiger partial charge in [-0.05, 0) is 43.2 Å². The van der Waals surface area contributed by atoms with Crippen LogP contribution in [0.3, 0.4) is 0 Å². The van der Waals surface area contributed by atoms with Crippen LogP contribution in [0.2, 0.25) is 0 Å². The number of primary amides is 1. The van der Waals surface area contributed by atoms with Crippen LogP contribution in [-0.2, 0) is 0 Å². The number of ether oxygens (including phenoxy) is 1. The van der Waals surface area contributed by atoms with Gasteiger partial charge in [0.2, 0.25) is 0 Å². The van der Waals surface area contributed by atoms with E-state index in [4.69, 9.17) is 10.5 Å². The van der Waals surface area contributed by atoms with Crippen LogP contribution in [0.1, 0.15) is 11.3 Å². The molecule has 1 aromatic carbocycles. The topological polar surface area (TPSA) is 77.2 Å². The number of nitrogens with zero attached hydrogens (tertiary/aromatic N) is 1. The van der Waals surface area contributed by atoms with Gasteiger partial charge in [0.1, 0.15) is 11.6 Å². The van der Waals surface area contributed by atoms with Gasteiger partial charge in [-0.1, -0.05) is 12.1 Å². The summed E-state index contributed by atoms with van der Waals surface area (Å²) in [5, 5.41) is 2.49. The molecule has 1 aromatic heterocycles. The summed E-state index contributed by atoms with van der Waals surface area (Å²) in [6, 6.07) is 8.97. The van der Waals surface area contributed by atoms with Gasteiger partial charge < -0.3 is 10.5 Å². The van der Waals surface area contributed by atoms with Gasteiger partial charge >= 0.3 is 6.03 Å². The van der Waals surface area contributed by atoms with Crippen molar-refractivity contribution in [1.82, 2.24) is 4.98 Å². The standard InChI is InChI=1S/C15H17N3O2/c1-9-8-13(18-15(16)19)17-10(2)14(9)11-4-6-12(20-3)7-5-11/h4-8H,1-3H3,(H3,16,17,18,19). The Morgan fingerprint density at radius 1 is 1.25 bits per heavy atom. The van der Waals surface area contributed by atoms with E-state index in [2.05, 4.69) is 10.3 Å². The van der Waals surface area contributed by atoms with Crippen LogP contribution in [0.4, 0.5) is 10.6 Å². The molecule has 0 aliphatic rings. The van der Waals surface area contributed by atoms with E-state index in [9.17, 15) is 4.79 Å². The first-order valence-corrected chi connectivity index (χ1v) is 6.20. The summed E-state index contributed by atoms with van der Waals surface area (Å²) < 4.78 is 5.15. The Bertz CT molecular complexity index is 613. The number of carbonyl (C=O) groups is 1. The fourth-order valence-electron chi connectivity index (χ4n) is 2.22. The fraction of sp³-hybridized carbons (Fsp3) is 0.200. The molecule has 0 fully saturated rings. The molecule has 20 heavy (non-hydrogen) atoms. The van der Waals surface area contributed by atoms with Crippen molar-refractivity contribution in [3.63, 3.8) is 0 Å². The molecule has 0 saturated carbocycles. The molecule has 104 valence electrons. The highest BCUT2D eigenvalue weighted by Crippen LogP contribution is 2.29. The van der Waals surface area contributed by atoms with Gasteiger partial charge in [0.25, 0.3) is 0 Å². The summed E-state index contributed by atoms with van der Waals surface area (Å²) in [4.78, 5) is 15.2. The van der Waals surface area contributed by atoms with Gasteiger partial charge in [0, 0.05) is 11.3 Å². The molecule has 0 spiro atoms. The van der Waals surface area contributed by atoms with Crippen LogP contribution in [0.5, 0.6) is 5.75 Å². The lowest BCUT2D eigenvalue weighted by molar-refractivity contribution is 0.259. The van der Waals surface area contributed by atoms with E-state index < -0.39 is 6.03 Å². The number of benzene rings is 1. The van der Waals surface area contributed by atoms with Crippen molar-refractivity contribution in [1.29, 1.82) is 0 Å². The van der Waals surface area contributed by atoms with E-state index in [0.717, 1.165) is 28.1 Å². The smallest absolute Gasteiger partial charge is 0.317 e. The number of urea groups is 1. The van der Waals surface area contributed by atoms with Gasteiger partial charge in [-0.3, -0.25) is 5.32 Å². The number of hydrogen-bond donors (Lipinski definition) is 2. The van der Waals surface area contributed by atoms with Crippen molar-refractivity contribution in [2.45, 2.75) is 13.8 Å². The van der Waals surface area contributed by atoms with Gasteiger partial charge in [-0.15, -0.1) is 0 Å². The van der Waals surface area contributed by atoms with E-state index in [1.54, 1.807) is 13.2 Å². The zero-order valence-corrected chi connectivity index (χ0v) is 11.7. The molecule has 5 heteroatoms. The Morgan fingerprint density at radius 3 is 2.40 bits per heavy atom. The van der Waals surface area contributed by atoms with E-state index in [0.29, 0.717) is 5.82 Å². The number of anilines is 1. The number of nitrogens with two attached hydrogens (primary N) is 1. The highest BCUT2D eigenvalue weighted by molar-refractivity contribution is 5.87. The number of pyridine rings is 1. The molecule has 0 atom stereocenters. The van der Waals surface area contributed by atoms with Crippen LogP contribution in [0, 0.1) is 13.8 Å². The number of rotatable bonds is 3. The Balaban J connectivity index is 2.43. The maximum absolute atomic E-state index is 10.9. The quantitative estimate of drug-likeness (QED) is 0.901. The summed E-state index contributed by atoms with van der Waals surface area (Å²) >= 11 is 0. The number of hydrogen-bond acceptors (Lipinski definition) is 3. The summed E-state index contributed by atoms with van der Waals surface area (Å²) in [6.07, 6.45) is 0. The first kappa shape index (κ1) is 13.9. The van der Waals surface area contributed by atoms with E-state index in [1.807, 2.05) is 38.1 Å². The van der Waals surface area contributed by atoms with Crippen molar-refractivity contribution >= 4 is 11.8 Å². The molecule has 0 unspecified atom stereocenters. The third-order valence-electron chi connectivity index (χ3n) is 3.03. The van der Waals surface area contributed by atoms with Gasteiger partial charge in [-0.2, -0.15) is 0 Å². The summed E-state index contributed by atoms with van der Waals surface area (Å²) in [5.41, 5.74) is 9.05. The van der Waals surface area contributed by atoms with Crippen molar-refractivity contribution in [2.75, 3.05) is 12.4 Å². The van der Waals surface area contributed by atoms with Crippen LogP contribution in [0.25, 0.3) is 11.1 Å². The van der Waals surface area contributed by atoms with E-state index in [1.165, 1.54) is 0 Å².